The smallest absolute Gasteiger partial charge is 0.141 e. The predicted octanol–water partition coefficient (Wildman–Crippen LogP) is 5.64. The number of halogens is 2. The quantitative estimate of drug-likeness (QED) is 0.712. The minimum Gasteiger partial charge on any atom is -0.456 e. The van der Waals surface area contributed by atoms with E-state index in [4.69, 9.17) is 16.3 Å². The van der Waals surface area contributed by atoms with Crippen LogP contribution in [0.3, 0.4) is 0 Å². The van der Waals surface area contributed by atoms with Gasteiger partial charge in [-0.1, -0.05) is 31.5 Å². The highest BCUT2D eigenvalue weighted by Gasteiger charge is 2.05. The second kappa shape index (κ2) is 7.83. The van der Waals surface area contributed by atoms with Crippen LogP contribution >= 0.6 is 27.5 Å². The lowest BCUT2D eigenvalue weighted by atomic mass is 10.2. The monoisotopic (exact) mass is 367 g/mol. The molecule has 0 atom stereocenters. The molecule has 21 heavy (non-hydrogen) atoms. The highest BCUT2D eigenvalue weighted by Crippen LogP contribution is 2.31. The zero-order valence-corrected chi connectivity index (χ0v) is 14.5. The summed E-state index contributed by atoms with van der Waals surface area (Å²) in [6.07, 6.45) is 0. The van der Waals surface area contributed by atoms with E-state index in [-0.39, 0.29) is 0 Å². The average Bonchev–Trinajstić information content (AvgIpc) is 2.44. The molecular formula is C17H19BrClNO. The lowest BCUT2D eigenvalue weighted by molar-refractivity contribution is 0.479. The van der Waals surface area contributed by atoms with Crippen molar-refractivity contribution in [3.8, 4) is 11.5 Å². The molecule has 0 aliphatic heterocycles. The fraction of sp³-hybridized carbons (Fsp3) is 0.294. The number of nitrogens with one attached hydrogen (secondary N) is 1. The Morgan fingerprint density at radius 2 is 1.86 bits per heavy atom. The van der Waals surface area contributed by atoms with E-state index in [1.165, 1.54) is 5.56 Å². The van der Waals surface area contributed by atoms with Crippen LogP contribution in [-0.2, 0) is 6.54 Å². The van der Waals surface area contributed by atoms with E-state index in [1.807, 2.05) is 30.3 Å². The average molecular weight is 369 g/mol. The zero-order valence-electron chi connectivity index (χ0n) is 12.2. The molecule has 0 saturated heterocycles. The van der Waals surface area contributed by atoms with Crippen LogP contribution in [0.25, 0.3) is 0 Å². The fourth-order valence-corrected chi connectivity index (χ4v) is 2.50. The van der Waals surface area contributed by atoms with Crippen LogP contribution in [0.15, 0.2) is 46.9 Å². The van der Waals surface area contributed by atoms with Gasteiger partial charge in [-0.25, -0.2) is 0 Å². The molecule has 0 radical (unpaired) electrons. The second-order valence-electron chi connectivity index (χ2n) is 5.35. The molecule has 0 aliphatic carbocycles. The Morgan fingerprint density at radius 3 is 2.48 bits per heavy atom. The molecule has 0 saturated carbocycles. The third-order valence-electron chi connectivity index (χ3n) is 2.92. The van der Waals surface area contributed by atoms with Gasteiger partial charge in [0.15, 0.2) is 0 Å². The van der Waals surface area contributed by atoms with Crippen molar-refractivity contribution in [2.24, 2.45) is 5.92 Å². The fourth-order valence-electron chi connectivity index (χ4n) is 1.87. The molecule has 0 bridgehead atoms. The molecule has 2 rings (SSSR count). The highest BCUT2D eigenvalue weighted by molar-refractivity contribution is 9.10. The van der Waals surface area contributed by atoms with E-state index in [9.17, 15) is 0 Å². The molecule has 0 aliphatic rings. The first-order valence-electron chi connectivity index (χ1n) is 6.97. The molecule has 1 N–H and O–H groups in total. The Labute approximate surface area is 139 Å². The first-order chi connectivity index (χ1) is 10.0. The number of rotatable bonds is 6. The van der Waals surface area contributed by atoms with Gasteiger partial charge in [0.25, 0.3) is 0 Å². The summed E-state index contributed by atoms with van der Waals surface area (Å²) < 4.78 is 6.78. The van der Waals surface area contributed by atoms with Gasteiger partial charge in [0.1, 0.15) is 11.5 Å². The third kappa shape index (κ3) is 5.34. The van der Waals surface area contributed by atoms with Gasteiger partial charge < -0.3 is 10.1 Å². The Kier molecular flexibility index (Phi) is 6.09. The van der Waals surface area contributed by atoms with Crippen molar-refractivity contribution in [3.63, 3.8) is 0 Å². The van der Waals surface area contributed by atoms with Crippen molar-refractivity contribution in [3.05, 3.63) is 57.5 Å². The summed E-state index contributed by atoms with van der Waals surface area (Å²) in [6.45, 7) is 6.27. The van der Waals surface area contributed by atoms with Gasteiger partial charge in [-0.15, -0.1) is 0 Å². The minimum atomic E-state index is 0.654. The zero-order chi connectivity index (χ0) is 15.2. The van der Waals surface area contributed by atoms with Crippen LogP contribution in [0.5, 0.6) is 11.5 Å². The molecule has 0 amide bonds. The summed E-state index contributed by atoms with van der Waals surface area (Å²) in [5.74, 6) is 2.22. The van der Waals surface area contributed by atoms with Gasteiger partial charge in [0.2, 0.25) is 0 Å². The summed E-state index contributed by atoms with van der Waals surface area (Å²) in [5, 5.41) is 4.13. The maximum atomic E-state index is 5.87. The van der Waals surface area contributed by atoms with Crippen LogP contribution < -0.4 is 10.1 Å². The first kappa shape index (κ1) is 16.3. The predicted molar refractivity (Wildman–Crippen MR) is 92.2 cm³/mol. The van der Waals surface area contributed by atoms with Gasteiger partial charge >= 0.3 is 0 Å². The summed E-state index contributed by atoms with van der Waals surface area (Å²) in [7, 11) is 0. The molecule has 0 aromatic heterocycles. The molecule has 4 heteroatoms. The van der Waals surface area contributed by atoms with Crippen LogP contribution in [0.1, 0.15) is 19.4 Å². The summed E-state index contributed by atoms with van der Waals surface area (Å²) in [6, 6.07) is 13.5. The van der Waals surface area contributed by atoms with E-state index in [0.717, 1.165) is 29.1 Å². The maximum absolute atomic E-state index is 5.87. The molecular weight excluding hydrogens is 350 g/mol. The Balaban J connectivity index is 2.00. The van der Waals surface area contributed by atoms with Gasteiger partial charge in [0, 0.05) is 11.6 Å². The van der Waals surface area contributed by atoms with Crippen LogP contribution in [0.4, 0.5) is 0 Å². The van der Waals surface area contributed by atoms with Crippen molar-refractivity contribution in [2.45, 2.75) is 20.4 Å². The number of ether oxygens (including phenoxy) is 1. The van der Waals surface area contributed by atoms with E-state index in [0.29, 0.717) is 10.9 Å². The van der Waals surface area contributed by atoms with E-state index >= 15 is 0 Å². The Bertz CT molecular complexity index is 584. The largest absolute Gasteiger partial charge is 0.456 e. The van der Waals surface area contributed by atoms with Crippen molar-refractivity contribution in [2.75, 3.05) is 6.54 Å². The molecule has 0 spiro atoms. The van der Waals surface area contributed by atoms with Crippen LogP contribution in [0.2, 0.25) is 5.02 Å². The maximum Gasteiger partial charge on any atom is 0.141 e. The van der Waals surface area contributed by atoms with E-state index in [2.05, 4.69) is 47.2 Å². The Morgan fingerprint density at radius 1 is 1.14 bits per heavy atom. The Hall–Kier alpha value is -1.03. The van der Waals surface area contributed by atoms with Gasteiger partial charge in [-0.05, 0) is 70.4 Å². The molecule has 2 aromatic rings. The topological polar surface area (TPSA) is 21.3 Å². The van der Waals surface area contributed by atoms with Crippen molar-refractivity contribution < 1.29 is 4.74 Å². The van der Waals surface area contributed by atoms with Gasteiger partial charge in [0.05, 0.1) is 4.47 Å². The third-order valence-corrected chi connectivity index (χ3v) is 3.79. The van der Waals surface area contributed by atoms with E-state index < -0.39 is 0 Å². The van der Waals surface area contributed by atoms with Gasteiger partial charge in [-0.3, -0.25) is 0 Å². The first-order valence-corrected chi connectivity index (χ1v) is 8.14. The lowest BCUT2D eigenvalue weighted by Gasteiger charge is -2.11. The number of hydrogen-bond acceptors (Lipinski definition) is 2. The lowest BCUT2D eigenvalue weighted by Crippen LogP contribution is -2.18. The highest BCUT2D eigenvalue weighted by atomic mass is 79.9. The SMILES string of the molecule is CC(C)CNCc1ccc(Oc2ccc(Cl)cc2)c(Br)c1. The second-order valence-corrected chi connectivity index (χ2v) is 6.64. The molecule has 0 unspecified atom stereocenters. The van der Waals surface area contributed by atoms with Crippen molar-refractivity contribution >= 4 is 27.5 Å². The normalized spacial score (nSPS) is 10.9. The molecule has 2 aromatic carbocycles. The van der Waals surface area contributed by atoms with Gasteiger partial charge in [-0.2, -0.15) is 0 Å². The summed E-state index contributed by atoms with van der Waals surface area (Å²) in [5.41, 5.74) is 1.23. The summed E-state index contributed by atoms with van der Waals surface area (Å²) >= 11 is 9.43. The number of benzene rings is 2. The number of hydrogen-bond donors (Lipinski definition) is 1. The molecule has 112 valence electrons. The van der Waals surface area contributed by atoms with Crippen LogP contribution in [0, 0.1) is 5.92 Å². The summed E-state index contributed by atoms with van der Waals surface area (Å²) in [4.78, 5) is 0. The van der Waals surface area contributed by atoms with E-state index in [1.54, 1.807) is 0 Å². The molecule has 0 fully saturated rings. The van der Waals surface area contributed by atoms with Crippen molar-refractivity contribution in [1.29, 1.82) is 0 Å². The molecule has 2 nitrogen and oxygen atoms in total. The standard InChI is InChI=1S/C17H19BrClNO/c1-12(2)10-20-11-13-3-8-17(16(18)9-13)21-15-6-4-14(19)5-7-15/h3-9,12,20H,10-11H2,1-2H3. The molecule has 0 heterocycles. The van der Waals surface area contributed by atoms with Crippen LogP contribution in [-0.4, -0.2) is 6.54 Å². The minimum absolute atomic E-state index is 0.654. The van der Waals surface area contributed by atoms with Crippen molar-refractivity contribution in [1.82, 2.24) is 5.32 Å².